The van der Waals surface area contributed by atoms with Gasteiger partial charge in [0.05, 0.1) is 16.2 Å². The van der Waals surface area contributed by atoms with E-state index in [0.29, 0.717) is 10.0 Å². The average molecular weight is 326 g/mol. The van der Waals surface area contributed by atoms with Crippen LogP contribution < -0.4 is 5.32 Å². The summed E-state index contributed by atoms with van der Waals surface area (Å²) in [6.45, 7) is 4.70. The fourth-order valence-corrected chi connectivity index (χ4v) is 2.62. The van der Waals surface area contributed by atoms with Crippen LogP contribution in [-0.4, -0.2) is 16.3 Å². The van der Waals surface area contributed by atoms with Gasteiger partial charge in [-0.25, -0.2) is 4.39 Å². The highest BCUT2D eigenvalue weighted by atomic mass is 79.9. The lowest BCUT2D eigenvalue weighted by Crippen LogP contribution is -2.23. The largest absolute Gasteiger partial charge is 0.306 e. The van der Waals surface area contributed by atoms with Gasteiger partial charge in [0, 0.05) is 24.4 Å². The second-order valence-corrected chi connectivity index (χ2v) is 5.33. The van der Waals surface area contributed by atoms with Crippen molar-refractivity contribution in [1.29, 1.82) is 0 Å². The van der Waals surface area contributed by atoms with Gasteiger partial charge in [-0.15, -0.1) is 0 Å². The third-order valence-electron chi connectivity index (χ3n) is 3.06. The summed E-state index contributed by atoms with van der Waals surface area (Å²) in [5.74, 6) is -0.225. The zero-order valence-electron chi connectivity index (χ0n) is 11.2. The van der Waals surface area contributed by atoms with Crippen LogP contribution in [0.2, 0.25) is 0 Å². The van der Waals surface area contributed by atoms with E-state index in [9.17, 15) is 4.39 Å². The highest BCUT2D eigenvalue weighted by Crippen LogP contribution is 2.29. The summed E-state index contributed by atoms with van der Waals surface area (Å²) < 4.78 is 16.5. The Morgan fingerprint density at radius 2 is 2.16 bits per heavy atom. The summed E-state index contributed by atoms with van der Waals surface area (Å²) in [4.78, 5) is 0. The molecule has 1 aromatic carbocycles. The quantitative estimate of drug-likeness (QED) is 0.934. The molecule has 0 bridgehead atoms. The summed E-state index contributed by atoms with van der Waals surface area (Å²) in [5.41, 5.74) is 2.54. The van der Waals surface area contributed by atoms with Crippen molar-refractivity contribution in [3.05, 3.63) is 51.5 Å². The Balaban J connectivity index is 2.51. The van der Waals surface area contributed by atoms with Gasteiger partial charge in [-0.2, -0.15) is 5.10 Å². The van der Waals surface area contributed by atoms with E-state index in [1.807, 2.05) is 33.2 Å². The van der Waals surface area contributed by atoms with Crippen molar-refractivity contribution < 1.29 is 4.39 Å². The molecule has 1 atom stereocenters. The van der Waals surface area contributed by atoms with Gasteiger partial charge in [0.2, 0.25) is 0 Å². The van der Waals surface area contributed by atoms with Gasteiger partial charge < -0.3 is 5.32 Å². The maximum atomic E-state index is 14.3. The predicted octanol–water partition coefficient (Wildman–Crippen LogP) is 3.33. The SMILES string of the molecule is CCNC(c1cn(C)nc1C)c1cccc(Br)c1F. The molecule has 0 saturated heterocycles. The van der Waals surface area contributed by atoms with Gasteiger partial charge in [-0.3, -0.25) is 4.68 Å². The van der Waals surface area contributed by atoms with Gasteiger partial charge in [-0.05, 0) is 35.5 Å². The van der Waals surface area contributed by atoms with Crippen LogP contribution in [0.3, 0.4) is 0 Å². The van der Waals surface area contributed by atoms with Gasteiger partial charge >= 0.3 is 0 Å². The predicted molar refractivity (Wildman–Crippen MR) is 77.6 cm³/mol. The van der Waals surface area contributed by atoms with E-state index in [1.165, 1.54) is 0 Å². The zero-order chi connectivity index (χ0) is 14.0. The molecule has 0 fully saturated rings. The number of hydrogen-bond acceptors (Lipinski definition) is 2. The van der Waals surface area contributed by atoms with Crippen LogP contribution in [-0.2, 0) is 7.05 Å². The molecule has 102 valence electrons. The first-order valence-corrected chi connectivity index (χ1v) is 7.01. The van der Waals surface area contributed by atoms with Crippen LogP contribution in [0.1, 0.15) is 29.8 Å². The number of rotatable bonds is 4. The average Bonchev–Trinajstić information content (AvgIpc) is 2.69. The molecule has 0 aliphatic rings. The molecule has 1 aromatic heterocycles. The molecule has 0 spiro atoms. The minimum absolute atomic E-state index is 0.184. The zero-order valence-corrected chi connectivity index (χ0v) is 12.8. The maximum Gasteiger partial charge on any atom is 0.142 e. The minimum atomic E-state index is -0.225. The summed E-state index contributed by atoms with van der Waals surface area (Å²) >= 11 is 3.24. The van der Waals surface area contributed by atoms with E-state index < -0.39 is 0 Å². The van der Waals surface area contributed by atoms with Gasteiger partial charge in [0.15, 0.2) is 0 Å². The molecular weight excluding hydrogens is 309 g/mol. The fourth-order valence-electron chi connectivity index (χ4n) is 2.24. The Morgan fingerprint density at radius 3 is 2.74 bits per heavy atom. The van der Waals surface area contributed by atoms with Crippen molar-refractivity contribution in [3.63, 3.8) is 0 Å². The van der Waals surface area contributed by atoms with Gasteiger partial charge in [0.1, 0.15) is 5.82 Å². The Morgan fingerprint density at radius 1 is 1.42 bits per heavy atom. The molecule has 1 heterocycles. The fraction of sp³-hybridized carbons (Fsp3) is 0.357. The number of aromatic nitrogens is 2. The van der Waals surface area contributed by atoms with E-state index in [4.69, 9.17) is 0 Å². The first-order chi connectivity index (χ1) is 9.04. The monoisotopic (exact) mass is 325 g/mol. The van der Waals surface area contributed by atoms with Crippen LogP contribution in [0.4, 0.5) is 4.39 Å². The molecule has 0 radical (unpaired) electrons. The molecule has 2 rings (SSSR count). The van der Waals surface area contributed by atoms with Crippen LogP contribution in [0.15, 0.2) is 28.9 Å². The first kappa shape index (κ1) is 14.2. The lowest BCUT2D eigenvalue weighted by molar-refractivity contribution is 0.553. The molecular formula is C14H17BrFN3. The lowest BCUT2D eigenvalue weighted by atomic mass is 9.99. The molecule has 19 heavy (non-hydrogen) atoms. The van der Waals surface area contributed by atoms with Crippen LogP contribution in [0, 0.1) is 12.7 Å². The van der Waals surface area contributed by atoms with Gasteiger partial charge in [0.25, 0.3) is 0 Å². The molecule has 5 heteroatoms. The lowest BCUT2D eigenvalue weighted by Gasteiger charge is -2.19. The van der Waals surface area contributed by atoms with Crippen molar-refractivity contribution in [3.8, 4) is 0 Å². The van der Waals surface area contributed by atoms with E-state index in [0.717, 1.165) is 17.8 Å². The highest BCUT2D eigenvalue weighted by molar-refractivity contribution is 9.10. The van der Waals surface area contributed by atoms with Crippen molar-refractivity contribution >= 4 is 15.9 Å². The van der Waals surface area contributed by atoms with Crippen molar-refractivity contribution in [2.24, 2.45) is 7.05 Å². The standard InChI is InChI=1S/C14H17BrFN3/c1-4-17-14(11-8-19(3)18-9(11)2)10-6-5-7-12(15)13(10)16/h5-8,14,17H,4H2,1-3H3. The van der Waals surface area contributed by atoms with E-state index >= 15 is 0 Å². The van der Waals surface area contributed by atoms with E-state index in [-0.39, 0.29) is 11.9 Å². The summed E-state index contributed by atoms with van der Waals surface area (Å²) in [5, 5.41) is 7.66. The number of halogens is 2. The van der Waals surface area contributed by atoms with E-state index in [1.54, 1.807) is 16.8 Å². The summed E-state index contributed by atoms with van der Waals surface area (Å²) in [6.07, 6.45) is 1.93. The van der Waals surface area contributed by atoms with Crippen LogP contribution in [0.25, 0.3) is 0 Å². The number of aryl methyl sites for hydroxylation is 2. The maximum absolute atomic E-state index is 14.3. The Hall–Kier alpha value is -1.20. The Kier molecular flexibility index (Phi) is 4.37. The molecule has 0 aliphatic heterocycles. The molecule has 1 unspecified atom stereocenters. The van der Waals surface area contributed by atoms with Crippen LogP contribution in [0.5, 0.6) is 0 Å². The first-order valence-electron chi connectivity index (χ1n) is 6.22. The smallest absolute Gasteiger partial charge is 0.142 e. The van der Waals surface area contributed by atoms with Crippen molar-refractivity contribution in [2.75, 3.05) is 6.54 Å². The van der Waals surface area contributed by atoms with Crippen molar-refractivity contribution in [2.45, 2.75) is 19.9 Å². The summed E-state index contributed by atoms with van der Waals surface area (Å²) in [6, 6.07) is 5.17. The third kappa shape index (κ3) is 2.87. The second-order valence-electron chi connectivity index (χ2n) is 4.48. The number of nitrogens with zero attached hydrogens (tertiary/aromatic N) is 2. The third-order valence-corrected chi connectivity index (χ3v) is 3.68. The Labute approximate surface area is 121 Å². The molecule has 0 amide bonds. The molecule has 1 N–H and O–H groups in total. The molecule has 3 nitrogen and oxygen atoms in total. The number of nitrogens with one attached hydrogen (secondary N) is 1. The number of benzene rings is 1. The molecule has 2 aromatic rings. The molecule has 0 aliphatic carbocycles. The topological polar surface area (TPSA) is 29.9 Å². The Bertz CT molecular complexity index is 580. The van der Waals surface area contributed by atoms with Crippen LogP contribution >= 0.6 is 15.9 Å². The van der Waals surface area contributed by atoms with Gasteiger partial charge in [-0.1, -0.05) is 19.1 Å². The van der Waals surface area contributed by atoms with Crippen molar-refractivity contribution in [1.82, 2.24) is 15.1 Å². The number of hydrogen-bond donors (Lipinski definition) is 1. The normalized spacial score (nSPS) is 12.7. The molecule has 0 saturated carbocycles. The summed E-state index contributed by atoms with van der Waals surface area (Å²) in [7, 11) is 1.87. The highest BCUT2D eigenvalue weighted by Gasteiger charge is 2.21. The minimum Gasteiger partial charge on any atom is -0.306 e. The second kappa shape index (κ2) is 5.84. The van der Waals surface area contributed by atoms with E-state index in [2.05, 4.69) is 26.3 Å².